The van der Waals surface area contributed by atoms with Gasteiger partial charge in [0.2, 0.25) is 0 Å². The van der Waals surface area contributed by atoms with E-state index < -0.39 is 11.7 Å². The quantitative estimate of drug-likeness (QED) is 0.864. The Kier molecular flexibility index (Phi) is 3.87. The van der Waals surface area contributed by atoms with Crippen LogP contribution in [0.1, 0.15) is 17.0 Å². The van der Waals surface area contributed by atoms with Gasteiger partial charge in [0, 0.05) is 13.5 Å². The van der Waals surface area contributed by atoms with E-state index in [9.17, 15) is 18.0 Å². The highest BCUT2D eigenvalue weighted by molar-refractivity contribution is 5.82. The molecule has 0 bridgehead atoms. The lowest BCUT2D eigenvalue weighted by molar-refractivity contribution is -0.137. The molecular formula is C13H12F3N3O. The summed E-state index contributed by atoms with van der Waals surface area (Å²) in [5.41, 5.74) is -0.174. The number of aryl methyl sites for hydroxylation is 1. The predicted octanol–water partition coefficient (Wildman–Crippen LogP) is 2.19. The van der Waals surface area contributed by atoms with Crippen molar-refractivity contribution in [3.8, 4) is 0 Å². The molecule has 20 heavy (non-hydrogen) atoms. The van der Waals surface area contributed by atoms with Gasteiger partial charge in [-0.3, -0.25) is 9.48 Å². The number of ketones is 1. The van der Waals surface area contributed by atoms with Crippen LogP contribution in [0.3, 0.4) is 0 Å². The Morgan fingerprint density at radius 3 is 2.35 bits per heavy atom. The molecule has 1 heterocycles. The number of carbonyl (C=O) groups is 1. The highest BCUT2D eigenvalue weighted by Crippen LogP contribution is 2.29. The monoisotopic (exact) mass is 283 g/mol. The number of aromatic nitrogens is 3. The van der Waals surface area contributed by atoms with Crippen molar-refractivity contribution in [3.05, 3.63) is 47.5 Å². The molecule has 2 aromatic rings. The van der Waals surface area contributed by atoms with E-state index in [1.807, 2.05) is 0 Å². The lowest BCUT2D eigenvalue weighted by Gasteiger charge is -2.07. The summed E-state index contributed by atoms with van der Waals surface area (Å²) in [7, 11) is 1.67. The summed E-state index contributed by atoms with van der Waals surface area (Å²) in [4.78, 5) is 15.7. The zero-order chi connectivity index (χ0) is 14.8. The standard InChI is InChI=1S/C13H12F3N3O/c1-19-12(17-8-18-19)7-11(20)6-9-2-4-10(5-3-9)13(14,15)16/h2-5,8H,6-7H2,1H3. The van der Waals surface area contributed by atoms with Gasteiger partial charge >= 0.3 is 6.18 Å². The molecule has 0 N–H and O–H groups in total. The van der Waals surface area contributed by atoms with Crippen LogP contribution >= 0.6 is 0 Å². The predicted molar refractivity (Wildman–Crippen MR) is 64.9 cm³/mol. The number of alkyl halides is 3. The van der Waals surface area contributed by atoms with Crippen molar-refractivity contribution in [2.45, 2.75) is 19.0 Å². The van der Waals surface area contributed by atoms with Gasteiger partial charge in [0.25, 0.3) is 0 Å². The summed E-state index contributed by atoms with van der Waals surface area (Å²) >= 11 is 0. The number of hydrogen-bond acceptors (Lipinski definition) is 3. The molecule has 1 aromatic carbocycles. The molecule has 2 rings (SSSR count). The zero-order valence-corrected chi connectivity index (χ0v) is 10.7. The van der Waals surface area contributed by atoms with Crippen LogP contribution in [0.25, 0.3) is 0 Å². The maximum absolute atomic E-state index is 12.4. The number of hydrogen-bond donors (Lipinski definition) is 0. The normalized spacial score (nSPS) is 11.6. The molecule has 0 radical (unpaired) electrons. The highest BCUT2D eigenvalue weighted by Gasteiger charge is 2.29. The van der Waals surface area contributed by atoms with Crippen molar-refractivity contribution in [1.29, 1.82) is 0 Å². The molecular weight excluding hydrogens is 271 g/mol. The molecule has 0 saturated carbocycles. The number of halogens is 3. The minimum atomic E-state index is -4.36. The van der Waals surface area contributed by atoms with Crippen LogP contribution < -0.4 is 0 Å². The minimum Gasteiger partial charge on any atom is -0.299 e. The first-order valence-corrected chi connectivity index (χ1v) is 5.87. The number of nitrogens with zero attached hydrogens (tertiary/aromatic N) is 3. The Morgan fingerprint density at radius 1 is 1.20 bits per heavy atom. The molecule has 1 aromatic heterocycles. The Morgan fingerprint density at radius 2 is 1.85 bits per heavy atom. The lowest BCUT2D eigenvalue weighted by atomic mass is 10.0. The largest absolute Gasteiger partial charge is 0.416 e. The first kappa shape index (κ1) is 14.2. The van der Waals surface area contributed by atoms with E-state index >= 15 is 0 Å². The second-order valence-corrected chi connectivity index (χ2v) is 4.39. The van der Waals surface area contributed by atoms with E-state index in [0.717, 1.165) is 12.1 Å². The molecule has 0 aliphatic heterocycles. The van der Waals surface area contributed by atoms with E-state index in [1.165, 1.54) is 23.1 Å². The molecule has 0 aliphatic rings. The Hall–Kier alpha value is -2.18. The molecule has 0 aliphatic carbocycles. The fourth-order valence-electron chi connectivity index (χ4n) is 1.76. The minimum absolute atomic E-state index is 0.0744. The van der Waals surface area contributed by atoms with Crippen LogP contribution in [-0.2, 0) is 30.9 Å². The number of carbonyl (C=O) groups excluding carboxylic acids is 1. The fraction of sp³-hybridized carbons (Fsp3) is 0.308. The van der Waals surface area contributed by atoms with E-state index in [2.05, 4.69) is 10.1 Å². The van der Waals surface area contributed by atoms with Gasteiger partial charge in [0.05, 0.1) is 12.0 Å². The molecule has 7 heteroatoms. The Balaban J connectivity index is 2.00. The van der Waals surface area contributed by atoms with Gasteiger partial charge in [-0.15, -0.1) is 0 Å². The lowest BCUT2D eigenvalue weighted by Crippen LogP contribution is -2.11. The Labute approximate surface area is 113 Å². The first-order valence-electron chi connectivity index (χ1n) is 5.87. The maximum atomic E-state index is 12.4. The van der Waals surface area contributed by atoms with Gasteiger partial charge in [-0.1, -0.05) is 12.1 Å². The Bertz CT molecular complexity index is 602. The smallest absolute Gasteiger partial charge is 0.299 e. The van der Waals surface area contributed by atoms with E-state index in [4.69, 9.17) is 0 Å². The molecule has 4 nitrogen and oxygen atoms in total. The molecule has 0 atom stereocenters. The third-order valence-corrected chi connectivity index (χ3v) is 2.84. The van der Waals surface area contributed by atoms with E-state index in [1.54, 1.807) is 7.05 Å². The summed E-state index contributed by atoms with van der Waals surface area (Å²) < 4.78 is 38.7. The van der Waals surface area contributed by atoms with Crippen molar-refractivity contribution < 1.29 is 18.0 Å². The van der Waals surface area contributed by atoms with Crippen LogP contribution in [-0.4, -0.2) is 20.5 Å². The number of Topliss-reactive ketones (excluding diaryl/α,β-unsaturated/α-hetero) is 1. The number of rotatable bonds is 4. The number of benzene rings is 1. The molecule has 106 valence electrons. The van der Waals surface area contributed by atoms with Gasteiger partial charge in [-0.25, -0.2) is 4.98 Å². The van der Waals surface area contributed by atoms with E-state index in [0.29, 0.717) is 11.4 Å². The van der Waals surface area contributed by atoms with Gasteiger partial charge in [0.1, 0.15) is 17.9 Å². The molecule has 0 unspecified atom stereocenters. The van der Waals surface area contributed by atoms with Crippen LogP contribution in [0.4, 0.5) is 13.2 Å². The van der Waals surface area contributed by atoms with Crippen molar-refractivity contribution in [3.63, 3.8) is 0 Å². The SMILES string of the molecule is Cn1ncnc1CC(=O)Cc1ccc(C(F)(F)F)cc1. The summed E-state index contributed by atoms with van der Waals surface area (Å²) in [6.45, 7) is 0. The van der Waals surface area contributed by atoms with Crippen LogP contribution in [0.5, 0.6) is 0 Å². The van der Waals surface area contributed by atoms with Gasteiger partial charge in [-0.2, -0.15) is 18.3 Å². The highest BCUT2D eigenvalue weighted by atomic mass is 19.4. The average molecular weight is 283 g/mol. The molecule has 0 spiro atoms. The first-order chi connectivity index (χ1) is 9.36. The second-order valence-electron chi connectivity index (χ2n) is 4.39. The molecule has 0 amide bonds. The summed E-state index contributed by atoms with van der Waals surface area (Å²) in [6.07, 6.45) is -2.83. The van der Waals surface area contributed by atoms with Crippen LogP contribution in [0, 0.1) is 0 Å². The topological polar surface area (TPSA) is 47.8 Å². The summed E-state index contributed by atoms with van der Waals surface area (Å²) in [6, 6.07) is 4.59. The van der Waals surface area contributed by atoms with Gasteiger partial charge in [0.15, 0.2) is 0 Å². The van der Waals surface area contributed by atoms with Gasteiger partial charge in [-0.05, 0) is 17.7 Å². The van der Waals surface area contributed by atoms with Crippen molar-refractivity contribution in [2.24, 2.45) is 7.05 Å². The fourth-order valence-corrected chi connectivity index (χ4v) is 1.76. The van der Waals surface area contributed by atoms with Crippen molar-refractivity contribution in [1.82, 2.24) is 14.8 Å². The average Bonchev–Trinajstić information content (AvgIpc) is 2.74. The third-order valence-electron chi connectivity index (χ3n) is 2.84. The second kappa shape index (κ2) is 5.44. The molecule has 0 fully saturated rings. The molecule has 0 saturated heterocycles. The zero-order valence-electron chi connectivity index (χ0n) is 10.7. The van der Waals surface area contributed by atoms with Gasteiger partial charge < -0.3 is 0 Å². The van der Waals surface area contributed by atoms with Crippen LogP contribution in [0.15, 0.2) is 30.6 Å². The van der Waals surface area contributed by atoms with Crippen LogP contribution in [0.2, 0.25) is 0 Å². The van der Waals surface area contributed by atoms with Crippen molar-refractivity contribution in [2.75, 3.05) is 0 Å². The van der Waals surface area contributed by atoms with E-state index in [-0.39, 0.29) is 18.6 Å². The summed E-state index contributed by atoms with van der Waals surface area (Å²) in [5.74, 6) is 0.405. The maximum Gasteiger partial charge on any atom is 0.416 e. The third kappa shape index (κ3) is 3.43. The van der Waals surface area contributed by atoms with Crippen molar-refractivity contribution >= 4 is 5.78 Å². The summed E-state index contributed by atoms with van der Waals surface area (Å²) in [5, 5.41) is 3.84.